The van der Waals surface area contributed by atoms with Gasteiger partial charge in [-0.05, 0) is 36.6 Å². The fourth-order valence-electron chi connectivity index (χ4n) is 4.65. The Morgan fingerprint density at radius 3 is 2.63 bits per heavy atom. The molecule has 1 amide bonds. The summed E-state index contributed by atoms with van der Waals surface area (Å²) < 4.78 is 56.2. The number of carbonyl (C=O) groups is 1. The number of anilines is 1. The third kappa shape index (κ3) is 4.89. The highest BCUT2D eigenvalue weighted by Gasteiger charge is 2.28. The second kappa shape index (κ2) is 9.99. The lowest BCUT2D eigenvalue weighted by Gasteiger charge is -2.31. The Kier molecular flexibility index (Phi) is 6.71. The maximum atomic E-state index is 14.0. The Morgan fingerprint density at radius 1 is 1.16 bits per heavy atom. The SMILES string of the molecule is Nc1nccc2c1c(-c1ccc(CNS(=O)(=O)c3ccc(F)cc3F)cc1)nn2[C@@H]1CCCN(C(=O)O)C1. The van der Waals surface area contributed by atoms with Crippen LogP contribution in [0.2, 0.25) is 0 Å². The van der Waals surface area contributed by atoms with Crippen LogP contribution in [0.3, 0.4) is 0 Å². The van der Waals surface area contributed by atoms with E-state index in [4.69, 9.17) is 10.8 Å². The van der Waals surface area contributed by atoms with Gasteiger partial charge < -0.3 is 15.7 Å². The van der Waals surface area contributed by atoms with Gasteiger partial charge in [0.1, 0.15) is 28.0 Å². The maximum absolute atomic E-state index is 14.0. The number of nitrogens with one attached hydrogen (secondary N) is 1. The lowest BCUT2D eigenvalue weighted by Crippen LogP contribution is -2.40. The lowest BCUT2D eigenvalue weighted by molar-refractivity contribution is 0.120. The van der Waals surface area contributed by atoms with Gasteiger partial charge in [0.15, 0.2) is 0 Å². The first-order chi connectivity index (χ1) is 18.1. The molecule has 0 saturated carbocycles. The first kappa shape index (κ1) is 25.5. The third-order valence-corrected chi connectivity index (χ3v) is 7.97. The number of likely N-dealkylation sites (tertiary alicyclic amines) is 1. The van der Waals surface area contributed by atoms with Crippen LogP contribution in [0.4, 0.5) is 19.4 Å². The van der Waals surface area contributed by atoms with Gasteiger partial charge >= 0.3 is 6.09 Å². The number of rotatable bonds is 6. The quantitative estimate of drug-likeness (QED) is 0.337. The van der Waals surface area contributed by atoms with E-state index in [0.29, 0.717) is 47.8 Å². The summed E-state index contributed by atoms with van der Waals surface area (Å²) in [6.07, 6.45) is 2.08. The molecule has 0 aliphatic carbocycles. The van der Waals surface area contributed by atoms with E-state index in [0.717, 1.165) is 24.1 Å². The van der Waals surface area contributed by atoms with E-state index < -0.39 is 32.6 Å². The molecule has 198 valence electrons. The zero-order chi connectivity index (χ0) is 27.0. The largest absolute Gasteiger partial charge is 0.465 e. The van der Waals surface area contributed by atoms with Crippen LogP contribution in [0.1, 0.15) is 24.4 Å². The van der Waals surface area contributed by atoms with Crippen molar-refractivity contribution in [2.24, 2.45) is 0 Å². The molecule has 1 saturated heterocycles. The average Bonchev–Trinajstić information content (AvgIpc) is 3.29. The number of piperidine rings is 1. The molecular formula is C25H24F2N6O4S. The van der Waals surface area contributed by atoms with Gasteiger partial charge in [0, 0.05) is 37.5 Å². The van der Waals surface area contributed by atoms with Crippen LogP contribution < -0.4 is 10.5 Å². The fourth-order valence-corrected chi connectivity index (χ4v) is 5.73. The van der Waals surface area contributed by atoms with Gasteiger partial charge in [-0.25, -0.2) is 31.7 Å². The molecule has 0 unspecified atom stereocenters. The molecule has 1 fully saturated rings. The van der Waals surface area contributed by atoms with E-state index in [1.807, 2.05) is 0 Å². The Hall–Kier alpha value is -4.10. The predicted molar refractivity (Wildman–Crippen MR) is 136 cm³/mol. The second-order valence-corrected chi connectivity index (χ2v) is 10.7. The summed E-state index contributed by atoms with van der Waals surface area (Å²) in [4.78, 5) is 16.5. The molecule has 0 spiro atoms. The molecule has 3 heterocycles. The summed E-state index contributed by atoms with van der Waals surface area (Å²) in [5, 5.41) is 14.9. The smallest absolute Gasteiger partial charge is 0.407 e. The Labute approximate surface area is 216 Å². The van der Waals surface area contributed by atoms with Gasteiger partial charge in [0.2, 0.25) is 10.0 Å². The van der Waals surface area contributed by atoms with Crippen LogP contribution in [-0.2, 0) is 16.6 Å². The third-order valence-electron chi connectivity index (χ3n) is 6.54. The van der Waals surface area contributed by atoms with E-state index >= 15 is 0 Å². The molecule has 4 aromatic rings. The molecule has 13 heteroatoms. The number of hydrogen-bond donors (Lipinski definition) is 3. The number of pyridine rings is 1. The number of nitrogens with zero attached hydrogens (tertiary/aromatic N) is 4. The van der Waals surface area contributed by atoms with Gasteiger partial charge in [-0.3, -0.25) is 4.68 Å². The molecule has 10 nitrogen and oxygen atoms in total. The number of nitrogens with two attached hydrogens (primary N) is 1. The highest BCUT2D eigenvalue weighted by molar-refractivity contribution is 7.89. The van der Waals surface area contributed by atoms with Crippen LogP contribution in [0.25, 0.3) is 22.2 Å². The fraction of sp³-hybridized carbons (Fsp3) is 0.240. The lowest BCUT2D eigenvalue weighted by atomic mass is 10.1. The first-order valence-electron chi connectivity index (χ1n) is 11.8. The molecule has 2 aromatic heterocycles. The summed E-state index contributed by atoms with van der Waals surface area (Å²) >= 11 is 0. The molecule has 0 radical (unpaired) electrons. The Morgan fingerprint density at radius 2 is 1.92 bits per heavy atom. The van der Waals surface area contributed by atoms with Crippen molar-refractivity contribution in [3.05, 3.63) is 71.9 Å². The number of benzene rings is 2. The van der Waals surface area contributed by atoms with E-state index in [-0.39, 0.29) is 18.4 Å². The van der Waals surface area contributed by atoms with E-state index in [1.54, 1.807) is 41.2 Å². The standard InChI is InChI=1S/C25H24F2N6O4S/c26-17-7-8-21(19(27)12-17)38(36,37)30-13-15-3-5-16(6-4-15)23-22-20(9-10-29-24(22)28)33(31-23)18-2-1-11-32(14-18)25(34)35/h3-10,12,18,30H,1-2,11,13-14H2,(H2,28,29)(H,34,35)/t18-/m1/s1. The maximum Gasteiger partial charge on any atom is 0.407 e. The monoisotopic (exact) mass is 542 g/mol. The predicted octanol–water partition coefficient (Wildman–Crippen LogP) is 3.75. The number of fused-ring (bicyclic) bond motifs is 1. The number of hydrogen-bond acceptors (Lipinski definition) is 6. The van der Waals surface area contributed by atoms with Crippen molar-refractivity contribution in [3.8, 4) is 11.3 Å². The summed E-state index contributed by atoms with van der Waals surface area (Å²) in [5.41, 5.74) is 8.82. The minimum atomic E-state index is -4.20. The average molecular weight is 543 g/mol. The topological polar surface area (TPSA) is 143 Å². The van der Waals surface area contributed by atoms with Crippen LogP contribution in [0.5, 0.6) is 0 Å². The van der Waals surface area contributed by atoms with Crippen molar-refractivity contribution >= 4 is 32.8 Å². The van der Waals surface area contributed by atoms with E-state index in [2.05, 4.69) is 9.71 Å². The van der Waals surface area contributed by atoms with Crippen molar-refractivity contribution in [2.45, 2.75) is 30.3 Å². The minimum Gasteiger partial charge on any atom is -0.465 e. The number of carboxylic acid groups (broad SMARTS) is 1. The molecule has 1 aliphatic rings. The Balaban J connectivity index is 1.41. The zero-order valence-electron chi connectivity index (χ0n) is 20.0. The van der Waals surface area contributed by atoms with Crippen molar-refractivity contribution in [1.82, 2.24) is 24.4 Å². The number of nitrogen functional groups attached to an aromatic ring is 1. The van der Waals surface area contributed by atoms with Crippen LogP contribution in [0, 0.1) is 11.6 Å². The van der Waals surface area contributed by atoms with Crippen molar-refractivity contribution in [3.63, 3.8) is 0 Å². The van der Waals surface area contributed by atoms with Crippen LogP contribution >= 0.6 is 0 Å². The van der Waals surface area contributed by atoms with Gasteiger partial charge in [0.25, 0.3) is 0 Å². The van der Waals surface area contributed by atoms with Crippen molar-refractivity contribution in [1.29, 1.82) is 0 Å². The number of amides is 1. The van der Waals surface area contributed by atoms with Crippen LogP contribution in [0.15, 0.2) is 59.6 Å². The first-order valence-corrected chi connectivity index (χ1v) is 13.3. The number of sulfonamides is 1. The van der Waals surface area contributed by atoms with Gasteiger partial charge in [-0.1, -0.05) is 24.3 Å². The molecule has 5 rings (SSSR count). The summed E-state index contributed by atoms with van der Waals surface area (Å²) in [7, 11) is -4.20. The second-order valence-electron chi connectivity index (χ2n) is 9.00. The molecular weight excluding hydrogens is 518 g/mol. The molecule has 1 atom stereocenters. The molecule has 0 bridgehead atoms. The van der Waals surface area contributed by atoms with Gasteiger partial charge in [0.05, 0.1) is 16.9 Å². The number of halogens is 2. The molecule has 2 aromatic carbocycles. The summed E-state index contributed by atoms with van der Waals surface area (Å²) in [6.45, 7) is 0.660. The highest BCUT2D eigenvalue weighted by atomic mass is 32.2. The minimum absolute atomic E-state index is 0.120. The summed E-state index contributed by atoms with van der Waals surface area (Å²) in [5.74, 6) is -1.76. The van der Waals surface area contributed by atoms with E-state index in [1.165, 1.54) is 4.90 Å². The summed E-state index contributed by atoms with van der Waals surface area (Å²) in [6, 6.07) is 10.8. The highest BCUT2D eigenvalue weighted by Crippen LogP contribution is 2.34. The number of aromatic nitrogens is 3. The zero-order valence-corrected chi connectivity index (χ0v) is 20.8. The van der Waals surface area contributed by atoms with Gasteiger partial charge in [-0.15, -0.1) is 0 Å². The van der Waals surface area contributed by atoms with Gasteiger partial charge in [-0.2, -0.15) is 5.10 Å². The Bertz CT molecular complexity index is 1630. The normalized spacial score (nSPS) is 16.2. The molecule has 1 aliphatic heterocycles. The van der Waals surface area contributed by atoms with Crippen molar-refractivity contribution < 1.29 is 27.1 Å². The molecule has 4 N–H and O–H groups in total. The van der Waals surface area contributed by atoms with E-state index in [9.17, 15) is 27.1 Å². The molecule has 38 heavy (non-hydrogen) atoms. The van der Waals surface area contributed by atoms with Crippen LogP contribution in [-0.4, -0.2) is 52.4 Å². The van der Waals surface area contributed by atoms with Crippen molar-refractivity contribution in [2.75, 3.05) is 18.8 Å².